The third-order valence-electron chi connectivity index (χ3n) is 4.84. The summed E-state index contributed by atoms with van der Waals surface area (Å²) in [7, 11) is 0. The second-order valence-electron chi connectivity index (χ2n) is 6.84. The molecule has 3 heterocycles. The Labute approximate surface area is 169 Å². The van der Waals surface area contributed by atoms with Crippen molar-refractivity contribution in [2.75, 3.05) is 16.8 Å². The molecule has 10 heteroatoms. The molecule has 0 spiro atoms. The number of rotatable bonds is 3. The number of carbonyl (C=O) groups excluding carboxylic acids is 2. The van der Waals surface area contributed by atoms with Crippen LogP contribution in [0.25, 0.3) is 0 Å². The van der Waals surface area contributed by atoms with Crippen molar-refractivity contribution in [2.24, 2.45) is 0 Å². The van der Waals surface area contributed by atoms with Crippen LogP contribution in [0.3, 0.4) is 0 Å². The van der Waals surface area contributed by atoms with Crippen molar-refractivity contribution in [1.82, 2.24) is 14.5 Å². The number of fused-ring (bicyclic) bond motifs is 1. The van der Waals surface area contributed by atoms with E-state index in [1.807, 2.05) is 6.92 Å². The Bertz CT molecular complexity index is 1090. The molecule has 0 unspecified atom stereocenters. The van der Waals surface area contributed by atoms with Gasteiger partial charge < -0.3 is 14.8 Å². The summed E-state index contributed by atoms with van der Waals surface area (Å²) in [5.74, 6) is -0.764. The number of nitrogens with zero attached hydrogens (tertiary/aromatic N) is 4. The van der Waals surface area contributed by atoms with Gasteiger partial charge in [0.15, 0.2) is 5.82 Å². The van der Waals surface area contributed by atoms with E-state index >= 15 is 0 Å². The smallest absolute Gasteiger partial charge is 0.338 e. The average molecular weight is 415 g/mol. The van der Waals surface area contributed by atoms with Crippen LogP contribution in [0.4, 0.5) is 24.7 Å². The van der Waals surface area contributed by atoms with Crippen molar-refractivity contribution in [1.29, 1.82) is 0 Å². The van der Waals surface area contributed by atoms with Crippen LogP contribution in [0.1, 0.15) is 39.4 Å². The van der Waals surface area contributed by atoms with Crippen LogP contribution in [0.5, 0.6) is 0 Å². The van der Waals surface area contributed by atoms with E-state index < -0.39 is 23.6 Å². The van der Waals surface area contributed by atoms with Crippen LogP contribution in [0, 0.1) is 0 Å². The van der Waals surface area contributed by atoms with Gasteiger partial charge in [-0.15, -0.1) is 0 Å². The van der Waals surface area contributed by atoms with Crippen LogP contribution in [0.2, 0.25) is 0 Å². The first-order valence-electron chi connectivity index (χ1n) is 9.03. The number of carbonyl (C=O) groups is 2. The van der Waals surface area contributed by atoms with E-state index in [2.05, 4.69) is 15.3 Å². The maximum absolute atomic E-state index is 13.2. The Morgan fingerprint density at radius 1 is 1.17 bits per heavy atom. The number of halogens is 3. The van der Waals surface area contributed by atoms with E-state index in [1.54, 1.807) is 10.8 Å². The SMILES string of the molecule is C[C@H]1CN(c2ccc(C(F)(F)F)cc2)C(=O)c2c(C(=O)Nc3cnccn3)ccn21. The molecule has 1 aliphatic heterocycles. The molecule has 1 aromatic carbocycles. The molecule has 1 N–H and O–H groups in total. The Morgan fingerprint density at radius 3 is 2.53 bits per heavy atom. The van der Waals surface area contributed by atoms with Gasteiger partial charge in [-0.3, -0.25) is 14.6 Å². The highest BCUT2D eigenvalue weighted by Crippen LogP contribution is 2.33. The monoisotopic (exact) mass is 415 g/mol. The summed E-state index contributed by atoms with van der Waals surface area (Å²) in [5, 5.41) is 2.59. The normalized spacial score (nSPS) is 16.3. The fourth-order valence-corrected chi connectivity index (χ4v) is 3.39. The summed E-state index contributed by atoms with van der Waals surface area (Å²) in [6, 6.07) is 5.73. The fourth-order valence-electron chi connectivity index (χ4n) is 3.39. The van der Waals surface area contributed by atoms with E-state index in [-0.39, 0.29) is 29.7 Å². The first-order valence-corrected chi connectivity index (χ1v) is 9.03. The van der Waals surface area contributed by atoms with Crippen LogP contribution in [-0.2, 0) is 6.18 Å². The maximum atomic E-state index is 13.2. The zero-order valence-corrected chi connectivity index (χ0v) is 15.7. The molecule has 0 bridgehead atoms. The van der Waals surface area contributed by atoms with Crippen molar-refractivity contribution >= 4 is 23.3 Å². The van der Waals surface area contributed by atoms with Gasteiger partial charge in [0.05, 0.1) is 17.3 Å². The van der Waals surface area contributed by atoms with E-state index in [1.165, 1.54) is 41.7 Å². The first kappa shape index (κ1) is 19.6. The summed E-state index contributed by atoms with van der Waals surface area (Å²) < 4.78 is 40.2. The van der Waals surface area contributed by atoms with Crippen molar-refractivity contribution in [3.8, 4) is 0 Å². The molecule has 0 aliphatic carbocycles. The molecule has 0 saturated heterocycles. The highest BCUT2D eigenvalue weighted by atomic mass is 19.4. The molecule has 30 heavy (non-hydrogen) atoms. The molecular formula is C20H16F3N5O2. The van der Waals surface area contributed by atoms with Crippen molar-refractivity contribution < 1.29 is 22.8 Å². The van der Waals surface area contributed by atoms with Gasteiger partial charge in [0.1, 0.15) is 5.69 Å². The van der Waals surface area contributed by atoms with Crippen molar-refractivity contribution in [2.45, 2.75) is 19.1 Å². The Kier molecular flexibility index (Phi) is 4.76. The molecule has 2 aromatic heterocycles. The minimum absolute atomic E-state index is 0.147. The molecule has 154 valence electrons. The van der Waals surface area contributed by atoms with E-state index in [9.17, 15) is 22.8 Å². The minimum Gasteiger partial charge on any atom is -0.338 e. The topological polar surface area (TPSA) is 80.1 Å². The standard InChI is InChI=1S/C20H16F3N5O2/c1-12-11-28(14-4-2-13(3-5-14)20(21,22)23)19(30)17-15(6-9-27(12)17)18(29)26-16-10-24-7-8-25-16/h2-10,12H,11H2,1H3,(H,25,26,29)/t12-/m0/s1. The van der Waals surface area contributed by atoms with Gasteiger partial charge in [-0.1, -0.05) is 0 Å². The van der Waals surface area contributed by atoms with E-state index in [4.69, 9.17) is 0 Å². The van der Waals surface area contributed by atoms with Crippen LogP contribution in [-0.4, -0.2) is 32.9 Å². The van der Waals surface area contributed by atoms with Crippen LogP contribution >= 0.6 is 0 Å². The van der Waals surface area contributed by atoms with Crippen LogP contribution < -0.4 is 10.2 Å². The van der Waals surface area contributed by atoms with Crippen LogP contribution in [0.15, 0.2) is 55.1 Å². The van der Waals surface area contributed by atoms with Gasteiger partial charge in [-0.05, 0) is 37.3 Å². The molecule has 1 aliphatic rings. The quantitative estimate of drug-likeness (QED) is 0.706. The third kappa shape index (κ3) is 3.51. The number of amides is 2. The summed E-state index contributed by atoms with van der Waals surface area (Å²) >= 11 is 0. The van der Waals surface area contributed by atoms with Gasteiger partial charge in [0.25, 0.3) is 11.8 Å². The lowest BCUT2D eigenvalue weighted by Gasteiger charge is -2.33. The lowest BCUT2D eigenvalue weighted by Crippen LogP contribution is -2.43. The number of aromatic nitrogens is 3. The van der Waals surface area contributed by atoms with E-state index in [0.29, 0.717) is 5.69 Å². The first-order chi connectivity index (χ1) is 14.3. The number of hydrogen-bond donors (Lipinski definition) is 1. The predicted molar refractivity (Wildman–Crippen MR) is 102 cm³/mol. The lowest BCUT2D eigenvalue weighted by atomic mass is 10.1. The third-order valence-corrected chi connectivity index (χ3v) is 4.84. The number of hydrogen-bond acceptors (Lipinski definition) is 4. The predicted octanol–water partition coefficient (Wildman–Crippen LogP) is 3.77. The zero-order chi connectivity index (χ0) is 21.5. The van der Waals surface area contributed by atoms with Crippen molar-refractivity contribution in [3.05, 3.63) is 71.9 Å². The summed E-state index contributed by atoms with van der Waals surface area (Å²) in [5.41, 5.74) is -0.159. The Morgan fingerprint density at radius 2 is 1.90 bits per heavy atom. The summed E-state index contributed by atoms with van der Waals surface area (Å²) in [4.78, 5) is 35.1. The maximum Gasteiger partial charge on any atom is 0.416 e. The Hall–Kier alpha value is -3.69. The molecule has 3 aromatic rings. The number of benzene rings is 1. The number of nitrogens with one attached hydrogen (secondary N) is 1. The van der Waals surface area contributed by atoms with Gasteiger partial charge in [0.2, 0.25) is 0 Å². The van der Waals surface area contributed by atoms with Gasteiger partial charge in [-0.2, -0.15) is 13.2 Å². The lowest BCUT2D eigenvalue weighted by molar-refractivity contribution is -0.137. The summed E-state index contributed by atoms with van der Waals surface area (Å²) in [6.45, 7) is 2.12. The minimum atomic E-state index is -4.46. The molecular weight excluding hydrogens is 399 g/mol. The highest BCUT2D eigenvalue weighted by Gasteiger charge is 2.35. The van der Waals surface area contributed by atoms with Gasteiger partial charge in [0, 0.05) is 36.9 Å². The number of alkyl halides is 3. The van der Waals surface area contributed by atoms with Gasteiger partial charge >= 0.3 is 6.18 Å². The molecule has 1 atom stereocenters. The average Bonchev–Trinajstić information content (AvgIpc) is 3.17. The van der Waals surface area contributed by atoms with Gasteiger partial charge in [-0.25, -0.2) is 4.98 Å². The second-order valence-corrected chi connectivity index (χ2v) is 6.84. The Balaban J connectivity index is 1.65. The zero-order valence-electron chi connectivity index (χ0n) is 15.7. The molecule has 0 fully saturated rings. The second kappa shape index (κ2) is 7.29. The highest BCUT2D eigenvalue weighted by molar-refractivity contribution is 6.15. The largest absolute Gasteiger partial charge is 0.416 e. The van der Waals surface area contributed by atoms with Crippen molar-refractivity contribution in [3.63, 3.8) is 0 Å². The molecule has 2 amide bonds. The number of anilines is 2. The molecule has 0 saturated carbocycles. The molecule has 0 radical (unpaired) electrons. The summed E-state index contributed by atoms with van der Waals surface area (Å²) in [6.07, 6.45) is 1.44. The van der Waals surface area contributed by atoms with E-state index in [0.717, 1.165) is 12.1 Å². The fraction of sp³-hybridized carbons (Fsp3) is 0.200. The molecule has 7 nitrogen and oxygen atoms in total. The molecule has 4 rings (SSSR count).